The molecule has 0 bridgehead atoms. The van der Waals surface area contributed by atoms with Crippen LogP contribution in [0.15, 0.2) is 12.1 Å². The molecule has 1 N–H and O–H groups in total. The predicted octanol–water partition coefficient (Wildman–Crippen LogP) is 2.29. The zero-order valence-electron chi connectivity index (χ0n) is 12.4. The number of amides is 1. The molecule has 0 aliphatic heterocycles. The summed E-state index contributed by atoms with van der Waals surface area (Å²) in [6, 6.07) is 3.90. The maximum Gasteiger partial charge on any atom is 0.330 e. The lowest BCUT2D eigenvalue weighted by Gasteiger charge is -2.24. The van der Waals surface area contributed by atoms with Gasteiger partial charge in [-0.1, -0.05) is 17.7 Å². The Morgan fingerprint density at radius 1 is 1.11 bits per heavy atom. The normalized spacial score (nSPS) is 11.1. The summed E-state index contributed by atoms with van der Waals surface area (Å²) >= 11 is 0. The summed E-state index contributed by atoms with van der Waals surface area (Å²) in [5.41, 5.74) is 2.47. The maximum absolute atomic E-state index is 12.3. The van der Waals surface area contributed by atoms with Crippen LogP contribution < -0.4 is 5.32 Å². The number of carbonyl (C=O) groups excluding carboxylic acids is 2. The molecule has 4 nitrogen and oxygen atoms in total. The third kappa shape index (κ3) is 3.34. The first kappa shape index (κ1) is 15.2. The van der Waals surface area contributed by atoms with Gasteiger partial charge in [0, 0.05) is 5.56 Å². The van der Waals surface area contributed by atoms with E-state index in [9.17, 15) is 9.59 Å². The summed E-state index contributed by atoms with van der Waals surface area (Å²) in [4.78, 5) is 23.9. The number of hydrogen-bond donors (Lipinski definition) is 1. The minimum absolute atomic E-state index is 0.259. The Morgan fingerprint density at radius 3 is 2.00 bits per heavy atom. The maximum atomic E-state index is 12.3. The third-order valence-electron chi connectivity index (χ3n) is 3.03. The van der Waals surface area contributed by atoms with Crippen LogP contribution in [-0.2, 0) is 9.53 Å². The van der Waals surface area contributed by atoms with E-state index < -0.39 is 11.5 Å². The Morgan fingerprint density at radius 2 is 1.58 bits per heavy atom. The van der Waals surface area contributed by atoms with Crippen LogP contribution in [0.2, 0.25) is 0 Å². The van der Waals surface area contributed by atoms with Crippen LogP contribution in [0, 0.1) is 20.8 Å². The Labute approximate surface area is 114 Å². The smallest absolute Gasteiger partial charge is 0.330 e. The van der Waals surface area contributed by atoms with Crippen molar-refractivity contribution >= 4 is 11.9 Å². The molecule has 104 valence electrons. The summed E-state index contributed by atoms with van der Waals surface area (Å²) in [6.07, 6.45) is 0. The quantitative estimate of drug-likeness (QED) is 0.851. The second-order valence-corrected chi connectivity index (χ2v) is 5.34. The van der Waals surface area contributed by atoms with Crippen LogP contribution in [0.3, 0.4) is 0 Å². The van der Waals surface area contributed by atoms with Gasteiger partial charge >= 0.3 is 5.97 Å². The van der Waals surface area contributed by atoms with Crippen LogP contribution >= 0.6 is 0 Å². The molecule has 19 heavy (non-hydrogen) atoms. The van der Waals surface area contributed by atoms with Gasteiger partial charge in [-0.3, -0.25) is 4.79 Å². The van der Waals surface area contributed by atoms with Crippen molar-refractivity contribution in [3.63, 3.8) is 0 Å². The minimum Gasteiger partial charge on any atom is -0.467 e. The topological polar surface area (TPSA) is 55.4 Å². The highest BCUT2D eigenvalue weighted by Gasteiger charge is 2.31. The van der Waals surface area contributed by atoms with E-state index in [-0.39, 0.29) is 5.91 Å². The van der Waals surface area contributed by atoms with E-state index in [1.54, 1.807) is 13.8 Å². The number of ether oxygens (including phenoxy) is 1. The number of carbonyl (C=O) groups is 2. The molecule has 0 spiro atoms. The van der Waals surface area contributed by atoms with Gasteiger partial charge in [0.05, 0.1) is 7.11 Å². The summed E-state index contributed by atoms with van der Waals surface area (Å²) in [6.45, 7) is 9.01. The van der Waals surface area contributed by atoms with Crippen molar-refractivity contribution in [2.75, 3.05) is 7.11 Å². The molecule has 1 aromatic carbocycles. The molecular weight excluding hydrogens is 242 g/mol. The molecule has 1 rings (SSSR count). The van der Waals surface area contributed by atoms with Crippen molar-refractivity contribution in [3.05, 3.63) is 34.4 Å². The molecule has 0 heterocycles. The van der Waals surface area contributed by atoms with Crippen molar-refractivity contribution in [2.24, 2.45) is 0 Å². The average molecular weight is 263 g/mol. The molecule has 0 aliphatic carbocycles. The summed E-state index contributed by atoms with van der Waals surface area (Å²) < 4.78 is 4.68. The summed E-state index contributed by atoms with van der Waals surface area (Å²) in [5, 5.41) is 2.71. The molecule has 0 unspecified atom stereocenters. The lowest BCUT2D eigenvalue weighted by Crippen LogP contribution is -2.50. The van der Waals surface area contributed by atoms with Crippen LogP contribution in [0.4, 0.5) is 0 Å². The van der Waals surface area contributed by atoms with E-state index in [0.717, 1.165) is 16.7 Å². The fourth-order valence-electron chi connectivity index (χ4n) is 2.19. The first-order valence-electron chi connectivity index (χ1n) is 6.18. The van der Waals surface area contributed by atoms with Crippen molar-refractivity contribution in [1.29, 1.82) is 0 Å². The lowest BCUT2D eigenvalue weighted by atomic mass is 9.97. The standard InChI is InChI=1S/C15H21NO3/c1-9-7-10(2)12(11(3)8-9)13(17)16-15(4,5)14(18)19-6/h7-8H,1-6H3,(H,16,17). The number of rotatable bonds is 3. The fourth-order valence-corrected chi connectivity index (χ4v) is 2.19. The number of hydrogen-bond acceptors (Lipinski definition) is 3. The highest BCUT2D eigenvalue weighted by molar-refractivity contribution is 6.00. The van der Waals surface area contributed by atoms with Crippen LogP contribution in [-0.4, -0.2) is 24.5 Å². The number of methoxy groups -OCH3 is 1. The molecule has 0 radical (unpaired) electrons. The minimum atomic E-state index is -1.05. The van der Waals surface area contributed by atoms with Gasteiger partial charge in [0.2, 0.25) is 0 Å². The molecule has 1 aromatic rings. The van der Waals surface area contributed by atoms with E-state index in [1.807, 2.05) is 32.9 Å². The van der Waals surface area contributed by atoms with E-state index >= 15 is 0 Å². The van der Waals surface area contributed by atoms with E-state index in [0.29, 0.717) is 5.56 Å². The summed E-state index contributed by atoms with van der Waals surface area (Å²) in [5.74, 6) is -0.728. The van der Waals surface area contributed by atoms with Gasteiger partial charge in [0.25, 0.3) is 5.91 Å². The molecule has 0 fully saturated rings. The second kappa shape index (κ2) is 5.43. The van der Waals surface area contributed by atoms with Crippen molar-refractivity contribution < 1.29 is 14.3 Å². The number of esters is 1. The zero-order valence-corrected chi connectivity index (χ0v) is 12.4. The molecule has 0 aromatic heterocycles. The Hall–Kier alpha value is -1.84. The van der Waals surface area contributed by atoms with Crippen molar-refractivity contribution in [1.82, 2.24) is 5.32 Å². The van der Waals surface area contributed by atoms with Gasteiger partial charge in [-0.2, -0.15) is 0 Å². The Balaban J connectivity index is 3.06. The first-order valence-corrected chi connectivity index (χ1v) is 6.18. The molecule has 0 saturated heterocycles. The predicted molar refractivity (Wildman–Crippen MR) is 74.2 cm³/mol. The zero-order chi connectivity index (χ0) is 14.8. The van der Waals surface area contributed by atoms with E-state index in [4.69, 9.17) is 0 Å². The van der Waals surface area contributed by atoms with Crippen LogP contribution in [0.25, 0.3) is 0 Å². The molecular formula is C15H21NO3. The van der Waals surface area contributed by atoms with E-state index in [2.05, 4.69) is 10.1 Å². The lowest BCUT2D eigenvalue weighted by molar-refractivity contribution is -0.146. The molecule has 1 amide bonds. The number of aryl methyl sites for hydroxylation is 3. The van der Waals surface area contributed by atoms with Crippen molar-refractivity contribution in [3.8, 4) is 0 Å². The van der Waals surface area contributed by atoms with Gasteiger partial charge in [-0.15, -0.1) is 0 Å². The largest absolute Gasteiger partial charge is 0.467 e. The molecule has 0 atom stereocenters. The highest BCUT2D eigenvalue weighted by Crippen LogP contribution is 2.17. The molecule has 4 heteroatoms. The molecule has 0 aliphatic rings. The number of nitrogens with one attached hydrogen (secondary N) is 1. The van der Waals surface area contributed by atoms with Crippen LogP contribution in [0.5, 0.6) is 0 Å². The van der Waals surface area contributed by atoms with E-state index in [1.165, 1.54) is 7.11 Å². The Bertz CT molecular complexity index is 495. The number of benzene rings is 1. The molecule has 0 saturated carbocycles. The van der Waals surface area contributed by atoms with Crippen LogP contribution in [0.1, 0.15) is 40.9 Å². The Kier molecular flexibility index (Phi) is 4.35. The fraction of sp³-hybridized carbons (Fsp3) is 0.467. The SMILES string of the molecule is COC(=O)C(C)(C)NC(=O)c1c(C)cc(C)cc1C. The van der Waals surface area contributed by atoms with Gasteiger partial charge < -0.3 is 10.1 Å². The third-order valence-corrected chi connectivity index (χ3v) is 3.03. The van der Waals surface area contributed by atoms with Crippen molar-refractivity contribution in [2.45, 2.75) is 40.2 Å². The summed E-state index contributed by atoms with van der Waals surface area (Å²) in [7, 11) is 1.30. The first-order chi connectivity index (χ1) is 8.69. The van der Waals surface area contributed by atoms with Gasteiger partial charge in [-0.25, -0.2) is 4.79 Å². The second-order valence-electron chi connectivity index (χ2n) is 5.34. The average Bonchev–Trinajstić information content (AvgIpc) is 2.25. The highest BCUT2D eigenvalue weighted by atomic mass is 16.5. The monoisotopic (exact) mass is 263 g/mol. The van der Waals surface area contributed by atoms with Gasteiger partial charge in [0.1, 0.15) is 5.54 Å². The van der Waals surface area contributed by atoms with Gasteiger partial charge in [0.15, 0.2) is 0 Å². The van der Waals surface area contributed by atoms with Gasteiger partial charge in [-0.05, 0) is 45.7 Å².